The number of furan rings is 1. The van der Waals surface area contributed by atoms with Crippen LogP contribution in [0.1, 0.15) is 97.3 Å². The zero-order valence-electron chi connectivity index (χ0n) is 20.5. The van der Waals surface area contributed by atoms with Gasteiger partial charge in [-0.25, -0.2) is 0 Å². The second-order valence-corrected chi connectivity index (χ2v) is 22.8. The van der Waals surface area contributed by atoms with Gasteiger partial charge in [-0.1, -0.05) is 0 Å². The first kappa shape index (κ1) is 26.9. The van der Waals surface area contributed by atoms with Crippen LogP contribution < -0.4 is 0 Å². The fourth-order valence-corrected chi connectivity index (χ4v) is 22.2. The molecule has 1 saturated heterocycles. The SMILES string of the molecule is CCC[CH2][Sn]([CH2]CCC)([CH2]CCC)/[C](=C/C(O)c1ccco1)CCCC1(C)OCCO1. The Bertz CT molecular complexity index is 598. The summed E-state index contributed by atoms with van der Waals surface area (Å²) in [5.41, 5.74) is 0. The molecule has 1 aliphatic heterocycles. The van der Waals surface area contributed by atoms with E-state index in [1.54, 1.807) is 9.85 Å². The van der Waals surface area contributed by atoms with Crippen LogP contribution in [0.4, 0.5) is 0 Å². The molecule has 0 spiro atoms. The maximum absolute atomic E-state index is 11.0. The third-order valence-corrected chi connectivity index (χ3v) is 23.2. The van der Waals surface area contributed by atoms with Crippen LogP contribution in [0.25, 0.3) is 0 Å². The molecule has 178 valence electrons. The number of hydrogen-bond donors (Lipinski definition) is 1. The van der Waals surface area contributed by atoms with E-state index in [2.05, 4.69) is 33.8 Å². The van der Waals surface area contributed by atoms with E-state index in [4.69, 9.17) is 13.9 Å². The van der Waals surface area contributed by atoms with E-state index in [-0.39, 0.29) is 0 Å². The molecule has 2 heterocycles. The number of rotatable bonds is 16. The maximum atomic E-state index is 11.0. The van der Waals surface area contributed by atoms with Gasteiger partial charge >= 0.3 is 195 Å². The first-order chi connectivity index (χ1) is 15.0. The normalized spacial score (nSPS) is 17.9. The van der Waals surface area contributed by atoms with Crippen molar-refractivity contribution in [1.29, 1.82) is 0 Å². The Labute approximate surface area is 194 Å². The van der Waals surface area contributed by atoms with E-state index in [1.807, 2.05) is 12.1 Å². The molecular weight excluding hydrogens is 495 g/mol. The Balaban J connectivity index is 2.30. The Hall–Kier alpha value is -0.301. The summed E-state index contributed by atoms with van der Waals surface area (Å²) in [7, 11) is 0. The van der Waals surface area contributed by atoms with Crippen LogP contribution in [-0.2, 0) is 9.47 Å². The van der Waals surface area contributed by atoms with Crippen LogP contribution in [0, 0.1) is 0 Å². The van der Waals surface area contributed by atoms with E-state index in [1.165, 1.54) is 51.8 Å². The molecule has 4 nitrogen and oxygen atoms in total. The number of unbranched alkanes of at least 4 members (excludes halogenated alkanes) is 3. The Kier molecular flexibility index (Phi) is 12.2. The summed E-state index contributed by atoms with van der Waals surface area (Å²) >= 11 is -2.63. The van der Waals surface area contributed by atoms with Crippen molar-refractivity contribution < 1.29 is 19.0 Å². The number of ether oxygens (including phenoxy) is 2. The fraction of sp³-hybridized carbons (Fsp3) is 0.769. The molecule has 31 heavy (non-hydrogen) atoms. The molecule has 1 unspecified atom stereocenters. The standard InChI is InChI=1S/C14H19O4.3C4H9.Sn/c1-14(17-10-11-18-14)8-4-2-3-6-12(15)13-7-5-9-16-13;3*1-3-4-2;/h5-7,9,12,15H,2,4,8,10-11H2,1H3;3*1,3-4H2,2H3;. The van der Waals surface area contributed by atoms with Crippen molar-refractivity contribution in [2.45, 2.75) is 111 Å². The molecule has 1 aliphatic rings. The van der Waals surface area contributed by atoms with Crippen LogP contribution in [0.2, 0.25) is 13.3 Å². The quantitative estimate of drug-likeness (QED) is 0.220. The summed E-state index contributed by atoms with van der Waals surface area (Å²) in [5.74, 6) is 0.229. The second-order valence-electron chi connectivity index (χ2n) is 9.43. The molecule has 0 aliphatic carbocycles. The summed E-state index contributed by atoms with van der Waals surface area (Å²) in [5, 5.41) is 11.0. The average Bonchev–Trinajstić information content (AvgIpc) is 3.45. The summed E-state index contributed by atoms with van der Waals surface area (Å²) in [4.78, 5) is 0. The first-order valence-electron chi connectivity index (χ1n) is 12.7. The monoisotopic (exact) mass is 542 g/mol. The van der Waals surface area contributed by atoms with Crippen molar-refractivity contribution >= 4 is 18.4 Å². The van der Waals surface area contributed by atoms with Gasteiger partial charge in [0.25, 0.3) is 0 Å². The van der Waals surface area contributed by atoms with Gasteiger partial charge in [-0.05, 0) is 0 Å². The third-order valence-electron chi connectivity index (χ3n) is 6.88. The number of allylic oxidation sites excluding steroid dienone is 1. The number of aliphatic hydroxyl groups is 1. The molecule has 2 rings (SSSR count). The van der Waals surface area contributed by atoms with Crippen LogP contribution in [0.15, 0.2) is 32.5 Å². The van der Waals surface area contributed by atoms with Crippen molar-refractivity contribution in [3.05, 3.63) is 33.8 Å². The van der Waals surface area contributed by atoms with Gasteiger partial charge in [0.15, 0.2) is 0 Å². The molecule has 1 atom stereocenters. The molecular formula is C26H46O4Sn. The van der Waals surface area contributed by atoms with Crippen molar-refractivity contribution in [3.63, 3.8) is 0 Å². The van der Waals surface area contributed by atoms with E-state index >= 15 is 0 Å². The molecule has 1 fully saturated rings. The minimum atomic E-state index is -2.63. The summed E-state index contributed by atoms with van der Waals surface area (Å²) in [6.07, 6.45) is 14.0. The minimum absolute atomic E-state index is 0.431. The van der Waals surface area contributed by atoms with Gasteiger partial charge in [0, 0.05) is 0 Å². The zero-order valence-corrected chi connectivity index (χ0v) is 23.3. The van der Waals surface area contributed by atoms with Crippen molar-refractivity contribution in [2.75, 3.05) is 13.2 Å². The van der Waals surface area contributed by atoms with Gasteiger partial charge in [-0.2, -0.15) is 0 Å². The third kappa shape index (κ3) is 8.53. The van der Waals surface area contributed by atoms with Gasteiger partial charge < -0.3 is 0 Å². The van der Waals surface area contributed by atoms with E-state index in [0.717, 1.165) is 19.3 Å². The van der Waals surface area contributed by atoms with Gasteiger partial charge in [-0.15, -0.1) is 0 Å². The predicted octanol–water partition coefficient (Wildman–Crippen LogP) is 7.56. The molecule has 1 N–H and O–H groups in total. The van der Waals surface area contributed by atoms with Crippen LogP contribution >= 0.6 is 0 Å². The summed E-state index contributed by atoms with van der Waals surface area (Å²) in [6, 6.07) is 3.75. The molecule has 0 bridgehead atoms. The van der Waals surface area contributed by atoms with Gasteiger partial charge in [-0.3, -0.25) is 0 Å². The molecule has 0 aromatic carbocycles. The Morgan fingerprint density at radius 1 is 1.03 bits per heavy atom. The van der Waals surface area contributed by atoms with Crippen LogP contribution in [-0.4, -0.2) is 42.5 Å². The van der Waals surface area contributed by atoms with E-state index in [0.29, 0.717) is 19.0 Å². The molecule has 1 aromatic heterocycles. The Morgan fingerprint density at radius 3 is 2.10 bits per heavy atom. The van der Waals surface area contributed by atoms with Crippen LogP contribution in [0.5, 0.6) is 0 Å². The van der Waals surface area contributed by atoms with Crippen LogP contribution in [0.3, 0.4) is 0 Å². The molecule has 0 amide bonds. The van der Waals surface area contributed by atoms with Crippen molar-refractivity contribution in [1.82, 2.24) is 0 Å². The van der Waals surface area contributed by atoms with E-state index in [9.17, 15) is 5.11 Å². The van der Waals surface area contributed by atoms with Crippen molar-refractivity contribution in [3.8, 4) is 0 Å². The predicted molar refractivity (Wildman–Crippen MR) is 131 cm³/mol. The molecule has 0 radical (unpaired) electrons. The van der Waals surface area contributed by atoms with Gasteiger partial charge in [0.1, 0.15) is 0 Å². The number of aliphatic hydroxyl groups excluding tert-OH is 1. The number of hydrogen-bond acceptors (Lipinski definition) is 4. The van der Waals surface area contributed by atoms with E-state index < -0.39 is 30.3 Å². The molecule has 0 saturated carbocycles. The summed E-state index contributed by atoms with van der Waals surface area (Å²) in [6.45, 7) is 10.4. The first-order valence-corrected chi connectivity index (χ1v) is 20.2. The second kappa shape index (κ2) is 14.1. The van der Waals surface area contributed by atoms with Gasteiger partial charge in [0.05, 0.1) is 0 Å². The molecule has 1 aromatic rings. The van der Waals surface area contributed by atoms with Gasteiger partial charge in [0.2, 0.25) is 0 Å². The average molecular weight is 541 g/mol. The molecule has 5 heteroatoms. The van der Waals surface area contributed by atoms with Crippen molar-refractivity contribution in [2.24, 2.45) is 0 Å². The fourth-order valence-electron chi connectivity index (χ4n) is 4.96. The zero-order chi connectivity index (χ0) is 22.6. The topological polar surface area (TPSA) is 51.8 Å². The summed E-state index contributed by atoms with van der Waals surface area (Å²) < 4.78 is 23.1. The Morgan fingerprint density at radius 2 is 1.61 bits per heavy atom.